The molecule has 0 saturated carbocycles. The number of thioether (sulfide) groups is 1. The van der Waals surface area contributed by atoms with Gasteiger partial charge in [-0.15, -0.1) is 0 Å². The van der Waals surface area contributed by atoms with Crippen molar-refractivity contribution in [1.29, 1.82) is 0 Å². The van der Waals surface area contributed by atoms with E-state index in [-0.39, 0.29) is 0 Å². The second-order valence-electron chi connectivity index (χ2n) is 4.28. The summed E-state index contributed by atoms with van der Waals surface area (Å²) in [5.41, 5.74) is 1.04. The largest absolute Gasteiger partial charge is 0.333 e. The number of halogens is 2. The third kappa shape index (κ3) is 3.26. The molecule has 1 aliphatic heterocycles. The predicted octanol–water partition coefficient (Wildman–Crippen LogP) is 4.75. The Balaban J connectivity index is 2.15. The average molecular weight is 378 g/mol. The topological polar surface area (TPSA) is 24.4 Å². The van der Waals surface area contributed by atoms with Gasteiger partial charge in [0.1, 0.15) is 0 Å². The summed E-state index contributed by atoms with van der Waals surface area (Å²) in [4.78, 5) is 4.69. The third-order valence-electron chi connectivity index (χ3n) is 2.64. The molecule has 17 heavy (non-hydrogen) atoms. The molecule has 1 aliphatic rings. The minimum atomic E-state index is 0.434. The lowest BCUT2D eigenvalue weighted by Crippen LogP contribution is -2.12. The lowest BCUT2D eigenvalue weighted by molar-refractivity contribution is 0.543. The zero-order chi connectivity index (χ0) is 12.4. The van der Waals surface area contributed by atoms with Crippen LogP contribution in [0.5, 0.6) is 0 Å². The van der Waals surface area contributed by atoms with E-state index >= 15 is 0 Å². The lowest BCUT2D eigenvalue weighted by atomic mass is 10.1. The Morgan fingerprint density at radius 2 is 2.00 bits per heavy atom. The highest BCUT2D eigenvalue weighted by molar-refractivity contribution is 9.11. The second-order valence-corrected chi connectivity index (χ2v) is 7.00. The Morgan fingerprint density at radius 1 is 1.35 bits per heavy atom. The summed E-state index contributed by atoms with van der Waals surface area (Å²) >= 11 is 8.87. The number of rotatable bonds is 2. The maximum absolute atomic E-state index is 4.69. The molecule has 0 amide bonds. The van der Waals surface area contributed by atoms with E-state index in [2.05, 4.69) is 51.0 Å². The van der Waals surface area contributed by atoms with Gasteiger partial charge < -0.3 is 5.32 Å². The summed E-state index contributed by atoms with van der Waals surface area (Å²) in [6, 6.07) is 6.48. The van der Waals surface area contributed by atoms with Gasteiger partial charge in [-0.1, -0.05) is 31.7 Å². The molecule has 1 heterocycles. The van der Waals surface area contributed by atoms with Gasteiger partial charge >= 0.3 is 0 Å². The Labute approximate surface area is 123 Å². The van der Waals surface area contributed by atoms with Gasteiger partial charge in [0.15, 0.2) is 5.17 Å². The van der Waals surface area contributed by atoms with Crippen molar-refractivity contribution in [3.05, 3.63) is 27.1 Å². The minimum Gasteiger partial charge on any atom is -0.333 e. The Morgan fingerprint density at radius 3 is 2.53 bits per heavy atom. The first-order valence-corrected chi connectivity index (χ1v) is 8.06. The highest BCUT2D eigenvalue weighted by Gasteiger charge is 2.21. The number of amidine groups is 1. The van der Waals surface area contributed by atoms with Crippen LogP contribution in [0, 0.1) is 5.92 Å². The number of hydrogen-bond acceptors (Lipinski definition) is 3. The SMILES string of the molecule is CC(C)C1CSC(Nc2c(Br)cccc2Br)=N1. The molecule has 1 aromatic rings. The monoisotopic (exact) mass is 376 g/mol. The standard InChI is InChI=1S/C12H14Br2N2S/c1-7(2)10-6-17-12(15-10)16-11-8(13)4-3-5-9(11)14/h3-5,7,10H,6H2,1-2H3,(H,15,16). The maximum Gasteiger partial charge on any atom is 0.161 e. The molecule has 2 nitrogen and oxygen atoms in total. The van der Waals surface area contributed by atoms with Crippen molar-refractivity contribution in [2.24, 2.45) is 10.9 Å². The van der Waals surface area contributed by atoms with Crippen molar-refractivity contribution in [3.63, 3.8) is 0 Å². The molecule has 0 aromatic heterocycles. The zero-order valence-electron chi connectivity index (χ0n) is 9.71. The van der Waals surface area contributed by atoms with Crippen LogP contribution in [0.25, 0.3) is 0 Å². The van der Waals surface area contributed by atoms with Gasteiger partial charge in [0.25, 0.3) is 0 Å². The van der Waals surface area contributed by atoms with Crippen molar-refractivity contribution >= 4 is 54.5 Å². The van der Waals surface area contributed by atoms with E-state index in [1.807, 2.05) is 18.2 Å². The molecule has 1 atom stereocenters. The van der Waals surface area contributed by atoms with Crippen LogP contribution in [0.2, 0.25) is 0 Å². The van der Waals surface area contributed by atoms with Crippen LogP contribution in [0.1, 0.15) is 13.8 Å². The van der Waals surface area contributed by atoms with Crippen LogP contribution in [0.4, 0.5) is 5.69 Å². The second kappa shape index (κ2) is 5.76. The van der Waals surface area contributed by atoms with Gasteiger partial charge in [0.05, 0.1) is 11.7 Å². The molecule has 0 bridgehead atoms. The van der Waals surface area contributed by atoms with Gasteiger partial charge in [-0.2, -0.15) is 0 Å². The lowest BCUT2D eigenvalue weighted by Gasteiger charge is -2.10. The number of nitrogens with zero attached hydrogens (tertiary/aromatic N) is 1. The molecule has 5 heteroatoms. The van der Waals surface area contributed by atoms with Gasteiger partial charge in [-0.05, 0) is 49.9 Å². The zero-order valence-corrected chi connectivity index (χ0v) is 13.7. The Kier molecular flexibility index (Phi) is 4.55. The summed E-state index contributed by atoms with van der Waals surface area (Å²) in [6.07, 6.45) is 0. The van der Waals surface area contributed by atoms with Crippen LogP contribution in [0.3, 0.4) is 0 Å². The summed E-state index contributed by atoms with van der Waals surface area (Å²) in [7, 11) is 0. The summed E-state index contributed by atoms with van der Waals surface area (Å²) in [5.74, 6) is 1.67. The normalized spacial score (nSPS) is 19.6. The van der Waals surface area contributed by atoms with E-state index in [0.29, 0.717) is 12.0 Å². The molecular weight excluding hydrogens is 364 g/mol. The third-order valence-corrected chi connectivity index (χ3v) is 4.95. The molecule has 0 radical (unpaired) electrons. The smallest absolute Gasteiger partial charge is 0.161 e. The number of anilines is 1. The van der Waals surface area contributed by atoms with E-state index in [1.54, 1.807) is 11.8 Å². The van der Waals surface area contributed by atoms with Crippen molar-refractivity contribution < 1.29 is 0 Å². The fourth-order valence-corrected chi connectivity index (χ4v) is 3.89. The van der Waals surface area contributed by atoms with Crippen molar-refractivity contribution in [2.45, 2.75) is 19.9 Å². The molecular formula is C12H14Br2N2S. The molecule has 0 aliphatic carbocycles. The average Bonchev–Trinajstić information content (AvgIpc) is 2.72. The van der Waals surface area contributed by atoms with Gasteiger partial charge in [-0.3, -0.25) is 4.99 Å². The van der Waals surface area contributed by atoms with E-state index in [4.69, 9.17) is 4.99 Å². The van der Waals surface area contributed by atoms with Crippen LogP contribution in [-0.4, -0.2) is 17.0 Å². The molecule has 0 fully saturated rings. The number of aliphatic imine (C=N–C) groups is 1. The van der Waals surface area contributed by atoms with Crippen LogP contribution in [0.15, 0.2) is 32.1 Å². The van der Waals surface area contributed by atoms with E-state index in [9.17, 15) is 0 Å². The Bertz CT molecular complexity index is 426. The van der Waals surface area contributed by atoms with Crippen molar-refractivity contribution in [3.8, 4) is 0 Å². The number of hydrogen-bond donors (Lipinski definition) is 1. The molecule has 92 valence electrons. The summed E-state index contributed by atoms with van der Waals surface area (Å²) in [6.45, 7) is 4.43. The number of para-hydroxylation sites is 1. The molecule has 1 unspecified atom stereocenters. The van der Waals surface area contributed by atoms with Crippen molar-refractivity contribution in [2.75, 3.05) is 11.1 Å². The molecule has 2 rings (SSSR count). The number of nitrogens with one attached hydrogen (secondary N) is 1. The fourth-order valence-electron chi connectivity index (χ4n) is 1.52. The predicted molar refractivity (Wildman–Crippen MR) is 84.0 cm³/mol. The highest BCUT2D eigenvalue weighted by atomic mass is 79.9. The van der Waals surface area contributed by atoms with E-state index in [1.165, 1.54) is 0 Å². The van der Waals surface area contributed by atoms with E-state index in [0.717, 1.165) is 25.6 Å². The van der Waals surface area contributed by atoms with Crippen LogP contribution < -0.4 is 5.32 Å². The fraction of sp³-hybridized carbons (Fsp3) is 0.417. The first-order valence-electron chi connectivity index (χ1n) is 5.49. The maximum atomic E-state index is 4.69. The highest BCUT2D eigenvalue weighted by Crippen LogP contribution is 2.33. The minimum absolute atomic E-state index is 0.434. The Hall–Kier alpha value is -0.000000000000000111. The first kappa shape index (κ1) is 13.4. The first-order chi connectivity index (χ1) is 8.08. The van der Waals surface area contributed by atoms with Crippen LogP contribution >= 0.6 is 43.6 Å². The van der Waals surface area contributed by atoms with Crippen LogP contribution in [-0.2, 0) is 0 Å². The molecule has 1 N–H and O–H groups in total. The molecule has 0 saturated heterocycles. The van der Waals surface area contributed by atoms with E-state index < -0.39 is 0 Å². The summed E-state index contributed by atoms with van der Waals surface area (Å²) < 4.78 is 2.09. The summed E-state index contributed by atoms with van der Waals surface area (Å²) in [5, 5.41) is 4.39. The number of benzene rings is 1. The van der Waals surface area contributed by atoms with Gasteiger partial charge in [-0.25, -0.2) is 0 Å². The quantitative estimate of drug-likeness (QED) is 0.803. The molecule has 1 aromatic carbocycles. The van der Waals surface area contributed by atoms with Crippen molar-refractivity contribution in [1.82, 2.24) is 0 Å². The van der Waals surface area contributed by atoms with Gasteiger partial charge in [0.2, 0.25) is 0 Å². The van der Waals surface area contributed by atoms with Gasteiger partial charge in [0, 0.05) is 14.7 Å². The molecule has 0 spiro atoms.